The van der Waals surface area contributed by atoms with Gasteiger partial charge in [0.05, 0.1) is 0 Å². The molecule has 2 N–H and O–H groups in total. The van der Waals surface area contributed by atoms with Gasteiger partial charge in [0.15, 0.2) is 0 Å². The van der Waals surface area contributed by atoms with Gasteiger partial charge >= 0.3 is 0 Å². The van der Waals surface area contributed by atoms with Gasteiger partial charge in [0, 0.05) is 37.2 Å². The molecule has 1 atom stereocenters. The molecule has 2 heterocycles. The minimum Gasteiger partial charge on any atom is -0.370 e. The largest absolute Gasteiger partial charge is 0.370 e. The predicted octanol–water partition coefficient (Wildman–Crippen LogP) is 1.32. The van der Waals surface area contributed by atoms with Gasteiger partial charge in [-0.15, -0.1) is 0 Å². The van der Waals surface area contributed by atoms with E-state index in [1.807, 2.05) is 12.4 Å². The molecule has 0 spiro atoms. The first-order valence-electron chi connectivity index (χ1n) is 5.18. The molecule has 0 bridgehead atoms. The van der Waals surface area contributed by atoms with Crippen LogP contribution in [0.15, 0.2) is 18.5 Å². The maximum atomic E-state index is 5.96. The molecule has 1 aromatic heterocycles. The van der Waals surface area contributed by atoms with Crippen molar-refractivity contribution in [2.45, 2.75) is 25.8 Å². The van der Waals surface area contributed by atoms with Crippen LogP contribution in [0.2, 0.25) is 0 Å². The molecule has 3 nitrogen and oxygen atoms in total. The lowest BCUT2D eigenvalue weighted by Crippen LogP contribution is -2.43. The summed E-state index contributed by atoms with van der Waals surface area (Å²) >= 11 is 0. The van der Waals surface area contributed by atoms with Crippen LogP contribution in [0.4, 0.5) is 5.69 Å². The molecular formula is C11H17N3. The Morgan fingerprint density at radius 2 is 2.43 bits per heavy atom. The maximum absolute atomic E-state index is 5.96. The highest BCUT2D eigenvalue weighted by molar-refractivity contribution is 5.51. The van der Waals surface area contributed by atoms with Gasteiger partial charge in [0.1, 0.15) is 0 Å². The third-order valence-corrected chi connectivity index (χ3v) is 2.79. The van der Waals surface area contributed by atoms with Crippen LogP contribution in [0.3, 0.4) is 0 Å². The summed E-state index contributed by atoms with van der Waals surface area (Å²) in [7, 11) is 0. The Morgan fingerprint density at radius 1 is 1.57 bits per heavy atom. The summed E-state index contributed by atoms with van der Waals surface area (Å²) in [6.07, 6.45) is 6.11. The quantitative estimate of drug-likeness (QED) is 0.728. The lowest BCUT2D eigenvalue weighted by atomic mass is 10.1. The van der Waals surface area contributed by atoms with Crippen LogP contribution < -0.4 is 10.6 Å². The van der Waals surface area contributed by atoms with E-state index in [1.165, 1.54) is 17.7 Å². The highest BCUT2D eigenvalue weighted by atomic mass is 15.2. The molecule has 1 aliphatic heterocycles. The van der Waals surface area contributed by atoms with Gasteiger partial charge in [-0.3, -0.25) is 4.98 Å². The lowest BCUT2D eigenvalue weighted by Gasteiger charge is -2.33. The van der Waals surface area contributed by atoms with Crippen molar-refractivity contribution in [3.8, 4) is 0 Å². The molecule has 1 aromatic rings. The zero-order valence-corrected chi connectivity index (χ0v) is 8.61. The van der Waals surface area contributed by atoms with E-state index in [2.05, 4.69) is 22.9 Å². The molecule has 0 saturated carbocycles. The third-order valence-electron chi connectivity index (χ3n) is 2.79. The monoisotopic (exact) mass is 191 g/mol. The first kappa shape index (κ1) is 9.46. The smallest absolute Gasteiger partial charge is 0.0427 e. The van der Waals surface area contributed by atoms with Gasteiger partial charge in [-0.1, -0.05) is 0 Å². The molecule has 2 rings (SSSR count). The number of hydrogen-bond acceptors (Lipinski definition) is 3. The van der Waals surface area contributed by atoms with E-state index in [1.54, 1.807) is 0 Å². The second kappa shape index (κ2) is 3.96. The maximum Gasteiger partial charge on any atom is 0.0427 e. The summed E-state index contributed by atoms with van der Waals surface area (Å²) < 4.78 is 0. The second-order valence-corrected chi connectivity index (χ2v) is 4.01. The Bertz CT molecular complexity index is 311. The minimum absolute atomic E-state index is 0.330. The van der Waals surface area contributed by atoms with E-state index >= 15 is 0 Å². The summed E-state index contributed by atoms with van der Waals surface area (Å²) in [5, 5.41) is 0. The van der Waals surface area contributed by atoms with Crippen LogP contribution in [-0.2, 0) is 0 Å². The summed E-state index contributed by atoms with van der Waals surface area (Å²) in [6, 6.07) is 2.41. The molecule has 1 aliphatic rings. The van der Waals surface area contributed by atoms with Crippen molar-refractivity contribution in [1.29, 1.82) is 0 Å². The Hall–Kier alpha value is -1.09. The molecule has 0 aliphatic carbocycles. The predicted molar refractivity (Wildman–Crippen MR) is 58.4 cm³/mol. The molecule has 1 fully saturated rings. The molecule has 3 heteroatoms. The van der Waals surface area contributed by atoms with Gasteiger partial charge < -0.3 is 10.6 Å². The zero-order valence-electron chi connectivity index (χ0n) is 8.61. The number of anilines is 1. The van der Waals surface area contributed by atoms with E-state index < -0.39 is 0 Å². The van der Waals surface area contributed by atoms with Gasteiger partial charge in [-0.05, 0) is 31.4 Å². The van der Waals surface area contributed by atoms with Crippen molar-refractivity contribution < 1.29 is 0 Å². The Labute approximate surface area is 84.9 Å². The fraction of sp³-hybridized carbons (Fsp3) is 0.545. The molecule has 0 unspecified atom stereocenters. The topological polar surface area (TPSA) is 42.2 Å². The van der Waals surface area contributed by atoms with Crippen LogP contribution in [0, 0.1) is 6.92 Å². The van der Waals surface area contributed by atoms with Gasteiger partial charge in [0.25, 0.3) is 0 Å². The number of nitrogens with two attached hydrogens (primary N) is 1. The van der Waals surface area contributed by atoms with Crippen LogP contribution in [0.25, 0.3) is 0 Å². The highest BCUT2D eigenvalue weighted by Crippen LogP contribution is 2.21. The Balaban J connectivity index is 2.18. The fourth-order valence-electron chi connectivity index (χ4n) is 2.05. The standard InChI is InChI=1S/C11H17N3/c1-9-7-13-5-4-11(9)14-6-2-3-10(12)8-14/h4-5,7,10H,2-3,6,8,12H2,1H3/t10-/m0/s1. The Morgan fingerprint density at radius 3 is 3.14 bits per heavy atom. The highest BCUT2D eigenvalue weighted by Gasteiger charge is 2.17. The average molecular weight is 191 g/mol. The van der Waals surface area contributed by atoms with Crippen molar-refractivity contribution in [1.82, 2.24) is 4.98 Å². The minimum atomic E-state index is 0.330. The summed E-state index contributed by atoms with van der Waals surface area (Å²) in [4.78, 5) is 6.47. The van der Waals surface area contributed by atoms with Crippen molar-refractivity contribution in [3.63, 3.8) is 0 Å². The van der Waals surface area contributed by atoms with Gasteiger partial charge in [-0.25, -0.2) is 0 Å². The van der Waals surface area contributed by atoms with Crippen LogP contribution in [0.1, 0.15) is 18.4 Å². The van der Waals surface area contributed by atoms with Crippen molar-refractivity contribution in [2.24, 2.45) is 5.73 Å². The van der Waals surface area contributed by atoms with E-state index in [0.717, 1.165) is 19.5 Å². The number of aromatic nitrogens is 1. The van der Waals surface area contributed by atoms with E-state index in [9.17, 15) is 0 Å². The fourth-order valence-corrected chi connectivity index (χ4v) is 2.05. The second-order valence-electron chi connectivity index (χ2n) is 4.01. The first-order valence-corrected chi connectivity index (χ1v) is 5.18. The summed E-state index contributed by atoms with van der Waals surface area (Å²) in [5.41, 5.74) is 8.48. The zero-order chi connectivity index (χ0) is 9.97. The van der Waals surface area contributed by atoms with Crippen molar-refractivity contribution in [3.05, 3.63) is 24.0 Å². The molecule has 76 valence electrons. The van der Waals surface area contributed by atoms with Crippen molar-refractivity contribution in [2.75, 3.05) is 18.0 Å². The first-order chi connectivity index (χ1) is 6.77. The summed E-state index contributed by atoms with van der Waals surface area (Å²) in [5.74, 6) is 0. The molecule has 14 heavy (non-hydrogen) atoms. The van der Waals surface area contributed by atoms with Gasteiger partial charge in [0.2, 0.25) is 0 Å². The average Bonchev–Trinajstić information content (AvgIpc) is 2.18. The third kappa shape index (κ3) is 1.87. The van der Waals surface area contributed by atoms with E-state index in [0.29, 0.717) is 6.04 Å². The molecule has 1 saturated heterocycles. The van der Waals surface area contributed by atoms with Crippen molar-refractivity contribution >= 4 is 5.69 Å². The number of rotatable bonds is 1. The number of pyridine rings is 1. The number of hydrogen-bond donors (Lipinski definition) is 1. The van der Waals surface area contributed by atoms with Gasteiger partial charge in [-0.2, -0.15) is 0 Å². The molecule has 0 amide bonds. The number of nitrogens with zero attached hydrogens (tertiary/aromatic N) is 2. The Kier molecular flexibility index (Phi) is 2.68. The number of aryl methyl sites for hydroxylation is 1. The SMILES string of the molecule is Cc1cnccc1N1CCC[C@H](N)C1. The molecule has 0 aromatic carbocycles. The summed E-state index contributed by atoms with van der Waals surface area (Å²) in [6.45, 7) is 4.20. The number of piperidine rings is 1. The van der Waals surface area contributed by atoms with E-state index in [4.69, 9.17) is 5.73 Å². The van der Waals surface area contributed by atoms with Crippen LogP contribution in [0.5, 0.6) is 0 Å². The van der Waals surface area contributed by atoms with Crippen LogP contribution in [-0.4, -0.2) is 24.1 Å². The molecule has 0 radical (unpaired) electrons. The van der Waals surface area contributed by atoms with Crippen LogP contribution >= 0.6 is 0 Å². The normalized spacial score (nSPS) is 22.4. The lowest BCUT2D eigenvalue weighted by molar-refractivity contribution is 0.505. The van der Waals surface area contributed by atoms with E-state index in [-0.39, 0.29) is 0 Å². The molecular weight excluding hydrogens is 174 g/mol.